The standard InChI is InChI=1S/C23H31N3O4/c1-30-18-6-4-5-16(13-18)14-25-11-9-17(10-12-25)24-21(27)15-26-22(28)19-7-2-3-8-20(19)23(26)29/h4-6,13,17,19-20H,2-3,7-12,14-15H2,1H3,(H,24,27). The van der Waals surface area contributed by atoms with E-state index in [9.17, 15) is 14.4 Å². The lowest BCUT2D eigenvalue weighted by molar-refractivity contribution is -0.143. The number of imide groups is 1. The number of hydrogen-bond donors (Lipinski definition) is 1. The van der Waals surface area contributed by atoms with Crippen LogP contribution in [0.2, 0.25) is 0 Å². The third-order valence-electron chi connectivity index (χ3n) is 6.73. The minimum absolute atomic E-state index is 0.0918. The highest BCUT2D eigenvalue weighted by atomic mass is 16.5. The minimum atomic E-state index is -0.221. The molecule has 162 valence electrons. The highest BCUT2D eigenvalue weighted by Gasteiger charge is 2.48. The molecule has 4 rings (SSSR count). The molecule has 2 saturated heterocycles. The van der Waals surface area contributed by atoms with E-state index in [1.54, 1.807) is 7.11 Å². The van der Waals surface area contributed by atoms with Crippen molar-refractivity contribution in [2.75, 3.05) is 26.7 Å². The molecule has 1 N–H and O–H groups in total. The largest absolute Gasteiger partial charge is 0.497 e. The molecule has 2 atom stereocenters. The number of amides is 3. The number of benzene rings is 1. The molecule has 1 saturated carbocycles. The highest BCUT2D eigenvalue weighted by molar-refractivity contribution is 6.07. The van der Waals surface area contributed by atoms with Crippen LogP contribution in [0.15, 0.2) is 24.3 Å². The summed E-state index contributed by atoms with van der Waals surface area (Å²) in [5.74, 6) is -0.0409. The molecule has 7 nitrogen and oxygen atoms in total. The van der Waals surface area contributed by atoms with E-state index in [1.165, 1.54) is 10.5 Å². The van der Waals surface area contributed by atoms with Crippen LogP contribution in [0.4, 0.5) is 0 Å². The molecule has 3 aliphatic rings. The third kappa shape index (κ3) is 4.51. The first-order chi connectivity index (χ1) is 14.5. The zero-order valence-corrected chi connectivity index (χ0v) is 17.6. The van der Waals surface area contributed by atoms with Gasteiger partial charge in [0.1, 0.15) is 12.3 Å². The lowest BCUT2D eigenvalue weighted by atomic mass is 9.81. The first-order valence-electron chi connectivity index (χ1n) is 11.0. The van der Waals surface area contributed by atoms with Crippen LogP contribution in [0, 0.1) is 11.8 Å². The molecule has 0 bridgehead atoms. The molecule has 2 aliphatic heterocycles. The zero-order chi connectivity index (χ0) is 21.1. The minimum Gasteiger partial charge on any atom is -0.497 e. The number of hydrogen-bond acceptors (Lipinski definition) is 5. The van der Waals surface area contributed by atoms with E-state index < -0.39 is 0 Å². The Balaban J connectivity index is 1.23. The molecule has 3 amide bonds. The Bertz CT molecular complexity index is 779. The van der Waals surface area contributed by atoms with Gasteiger partial charge in [0.15, 0.2) is 0 Å². The van der Waals surface area contributed by atoms with Gasteiger partial charge in [0, 0.05) is 25.7 Å². The number of methoxy groups -OCH3 is 1. The molecule has 0 aromatic heterocycles. The van der Waals surface area contributed by atoms with Crippen molar-refractivity contribution >= 4 is 17.7 Å². The number of likely N-dealkylation sites (tertiary alicyclic amines) is 2. The van der Waals surface area contributed by atoms with Gasteiger partial charge in [-0.2, -0.15) is 0 Å². The fourth-order valence-electron chi connectivity index (χ4n) is 5.07. The summed E-state index contributed by atoms with van der Waals surface area (Å²) in [6.07, 6.45) is 5.27. The fourth-order valence-corrected chi connectivity index (χ4v) is 5.07. The van der Waals surface area contributed by atoms with Crippen LogP contribution >= 0.6 is 0 Å². The van der Waals surface area contributed by atoms with E-state index in [1.807, 2.05) is 12.1 Å². The van der Waals surface area contributed by atoms with Crippen LogP contribution in [-0.2, 0) is 20.9 Å². The molecule has 2 unspecified atom stereocenters. The van der Waals surface area contributed by atoms with Crippen LogP contribution in [0.5, 0.6) is 5.75 Å². The van der Waals surface area contributed by atoms with Crippen LogP contribution in [0.25, 0.3) is 0 Å². The summed E-state index contributed by atoms with van der Waals surface area (Å²) in [4.78, 5) is 41.2. The quantitative estimate of drug-likeness (QED) is 0.721. The molecule has 3 fully saturated rings. The summed E-state index contributed by atoms with van der Waals surface area (Å²) >= 11 is 0. The molecule has 0 radical (unpaired) electrons. The van der Waals surface area contributed by atoms with Crippen molar-refractivity contribution in [2.45, 2.75) is 51.1 Å². The van der Waals surface area contributed by atoms with Crippen molar-refractivity contribution in [3.8, 4) is 5.75 Å². The van der Waals surface area contributed by atoms with Crippen molar-refractivity contribution < 1.29 is 19.1 Å². The van der Waals surface area contributed by atoms with Gasteiger partial charge in [0.25, 0.3) is 0 Å². The second-order valence-corrected chi connectivity index (χ2v) is 8.73. The molecule has 1 aromatic rings. The Morgan fingerprint density at radius 1 is 1.07 bits per heavy atom. The third-order valence-corrected chi connectivity index (χ3v) is 6.73. The lowest BCUT2D eigenvalue weighted by Gasteiger charge is -2.32. The number of ether oxygens (including phenoxy) is 1. The van der Waals surface area contributed by atoms with Crippen molar-refractivity contribution in [2.24, 2.45) is 11.8 Å². The number of nitrogens with one attached hydrogen (secondary N) is 1. The van der Waals surface area contributed by atoms with Gasteiger partial charge in [0.05, 0.1) is 18.9 Å². The number of nitrogens with zero attached hydrogens (tertiary/aromatic N) is 2. The molecular formula is C23H31N3O4. The smallest absolute Gasteiger partial charge is 0.240 e. The maximum atomic E-state index is 12.5. The molecule has 0 spiro atoms. The number of piperidine rings is 1. The zero-order valence-electron chi connectivity index (χ0n) is 17.6. The van der Waals surface area contributed by atoms with Gasteiger partial charge in [-0.3, -0.25) is 24.2 Å². The topological polar surface area (TPSA) is 79.0 Å². The Kier molecular flexibility index (Phi) is 6.37. The predicted octanol–water partition coefficient (Wildman–Crippen LogP) is 1.95. The summed E-state index contributed by atoms with van der Waals surface area (Å²) in [6.45, 7) is 2.52. The maximum Gasteiger partial charge on any atom is 0.240 e. The average Bonchev–Trinajstić information content (AvgIpc) is 3.00. The van der Waals surface area contributed by atoms with Crippen LogP contribution in [0.3, 0.4) is 0 Å². The maximum absolute atomic E-state index is 12.5. The van der Waals surface area contributed by atoms with Gasteiger partial charge in [-0.05, 0) is 43.4 Å². The van der Waals surface area contributed by atoms with Crippen molar-refractivity contribution in [1.82, 2.24) is 15.1 Å². The van der Waals surface area contributed by atoms with Crippen LogP contribution in [0.1, 0.15) is 44.1 Å². The average molecular weight is 414 g/mol. The molecule has 2 heterocycles. The number of carbonyl (C=O) groups is 3. The second kappa shape index (κ2) is 9.16. The monoisotopic (exact) mass is 413 g/mol. The number of rotatable bonds is 6. The van der Waals surface area contributed by atoms with Crippen molar-refractivity contribution in [3.63, 3.8) is 0 Å². The predicted molar refractivity (Wildman–Crippen MR) is 112 cm³/mol. The van der Waals surface area contributed by atoms with Crippen LogP contribution in [-0.4, -0.2) is 60.3 Å². The Labute approximate surface area is 177 Å². The summed E-state index contributed by atoms with van der Waals surface area (Å²) in [5, 5.41) is 3.04. The fraction of sp³-hybridized carbons (Fsp3) is 0.609. The van der Waals surface area contributed by atoms with Crippen LogP contribution < -0.4 is 10.1 Å². The van der Waals surface area contributed by atoms with Gasteiger partial charge < -0.3 is 10.1 Å². The van der Waals surface area contributed by atoms with Gasteiger partial charge in [-0.25, -0.2) is 0 Å². The molecule has 1 aromatic carbocycles. The SMILES string of the molecule is COc1cccc(CN2CCC(NC(=O)CN3C(=O)C4CCCCC4C3=O)CC2)c1. The van der Waals surface area contributed by atoms with E-state index in [0.717, 1.165) is 63.9 Å². The number of fused-ring (bicyclic) bond motifs is 1. The van der Waals surface area contributed by atoms with Gasteiger partial charge in [0.2, 0.25) is 17.7 Å². The number of carbonyl (C=O) groups excluding carboxylic acids is 3. The van der Waals surface area contributed by atoms with Gasteiger partial charge in [-0.1, -0.05) is 25.0 Å². The summed E-state index contributed by atoms with van der Waals surface area (Å²) in [7, 11) is 1.67. The van der Waals surface area contributed by atoms with E-state index in [0.29, 0.717) is 0 Å². The second-order valence-electron chi connectivity index (χ2n) is 8.73. The Morgan fingerprint density at radius 3 is 2.37 bits per heavy atom. The van der Waals surface area contributed by atoms with Gasteiger partial charge >= 0.3 is 0 Å². The van der Waals surface area contributed by atoms with Crippen molar-refractivity contribution in [3.05, 3.63) is 29.8 Å². The van der Waals surface area contributed by atoms with E-state index >= 15 is 0 Å². The first kappa shape index (κ1) is 20.8. The Morgan fingerprint density at radius 2 is 1.73 bits per heavy atom. The van der Waals surface area contributed by atoms with E-state index in [-0.39, 0.29) is 42.1 Å². The van der Waals surface area contributed by atoms with Gasteiger partial charge in [-0.15, -0.1) is 0 Å². The van der Waals surface area contributed by atoms with E-state index in [2.05, 4.69) is 22.3 Å². The molecular weight excluding hydrogens is 382 g/mol. The lowest BCUT2D eigenvalue weighted by Crippen LogP contribution is -2.48. The van der Waals surface area contributed by atoms with Crippen molar-refractivity contribution in [1.29, 1.82) is 0 Å². The first-order valence-corrected chi connectivity index (χ1v) is 11.0. The molecule has 7 heteroatoms. The highest BCUT2D eigenvalue weighted by Crippen LogP contribution is 2.37. The molecule has 1 aliphatic carbocycles. The summed E-state index contributed by atoms with van der Waals surface area (Å²) in [6, 6.07) is 8.18. The van der Waals surface area contributed by atoms with E-state index in [4.69, 9.17) is 4.74 Å². The molecule has 30 heavy (non-hydrogen) atoms. The summed E-state index contributed by atoms with van der Waals surface area (Å²) < 4.78 is 5.29. The summed E-state index contributed by atoms with van der Waals surface area (Å²) in [5.41, 5.74) is 1.21. The Hall–Kier alpha value is -2.41. The normalized spacial score (nSPS) is 25.3.